The van der Waals surface area contributed by atoms with Crippen LogP contribution >= 0.6 is 23.2 Å². The maximum Gasteiger partial charge on any atom is 0.0692 e. The summed E-state index contributed by atoms with van der Waals surface area (Å²) in [6, 6.07) is 35.8. The Balaban J connectivity index is -0.000000307. The first-order chi connectivity index (χ1) is 42.1. The molecule has 2 aromatic heterocycles. The van der Waals surface area contributed by atoms with Gasteiger partial charge in [0, 0.05) is 47.9 Å². The summed E-state index contributed by atoms with van der Waals surface area (Å²) < 4.78 is 4.38. The molecule has 0 fully saturated rings. The third-order valence-corrected chi connectivity index (χ3v) is 19.6. The maximum atomic E-state index is 8.88. The van der Waals surface area contributed by atoms with Crippen LogP contribution in [0, 0.1) is 111 Å². The number of hydrogen-bond acceptors (Lipinski definition) is 1. The van der Waals surface area contributed by atoms with Crippen molar-refractivity contribution in [3.8, 4) is 6.07 Å². The second-order valence-electron chi connectivity index (χ2n) is 32.6. The first-order valence-electron chi connectivity index (χ1n) is 36.3. The van der Waals surface area contributed by atoms with Crippen molar-refractivity contribution in [1.82, 2.24) is 9.13 Å². The highest BCUT2D eigenvalue weighted by molar-refractivity contribution is 6.31. The minimum atomic E-state index is -0.153. The van der Waals surface area contributed by atoms with Crippen molar-refractivity contribution in [2.24, 2.45) is 107 Å². The summed E-state index contributed by atoms with van der Waals surface area (Å²) in [5.41, 5.74) is 9.12. The lowest BCUT2D eigenvalue weighted by atomic mass is 9.72. The average Bonchev–Trinajstić information content (AvgIpc) is 1.84. The third kappa shape index (κ3) is 50.7. The van der Waals surface area contributed by atoms with Gasteiger partial charge >= 0.3 is 0 Å². The molecule has 532 valence electrons. The lowest BCUT2D eigenvalue weighted by Crippen LogP contribution is -2.27. The Morgan fingerprint density at radius 3 is 1.15 bits per heavy atom. The molecule has 0 aliphatic carbocycles. The van der Waals surface area contributed by atoms with Gasteiger partial charge in [-0.1, -0.05) is 325 Å². The topological polar surface area (TPSA) is 33.6 Å². The van der Waals surface area contributed by atoms with E-state index in [4.69, 9.17) is 28.5 Å². The Kier molecular flexibility index (Phi) is 55.3. The largest absolute Gasteiger partial charge is 0.354 e. The van der Waals surface area contributed by atoms with Crippen molar-refractivity contribution >= 4 is 23.2 Å². The van der Waals surface area contributed by atoms with Crippen LogP contribution in [0.15, 0.2) is 109 Å². The van der Waals surface area contributed by atoms with Gasteiger partial charge in [0.1, 0.15) is 0 Å². The van der Waals surface area contributed by atoms with E-state index in [9.17, 15) is 0 Å². The Morgan fingerprint density at radius 2 is 0.880 bits per heavy atom. The third-order valence-electron chi connectivity index (χ3n) is 19.0. The molecule has 2 unspecified atom stereocenters. The standard InChI is InChI=1S/C11H16.2C10H13Cl.C10H17N.C9H15N.C9H17N.C8H18.2C7H16.C6H14/c1-9(2)8-11-6-4-10(3)5-7-11;1-8(2)6-9-4-3-5-10(11)7-9;1-8(2)7-9-5-3-4-6-10(9)11;1-8(2)9(3)10-6-5-7-11(10)4;1-8(2)7-9-5-4-6-10(9)3;1-7(2)9(5,6-10)8(3)4;1-6-8(4,5)7(2)3;1-6(2)7(3,4)5;1-5-7(4)6(2)3;1-5(2)6(3)4/h4-7,9H,8H2,1-3H3;3-5,7-8H,6H2,1-2H3;3-6,8H,7H2,1-2H3;5-9H,1-4H3;4-6,8H,7H2,1-3H3;7-8H,1-5H3;7H,6H2,1-5H3;6H,1-5H3;6-7H,5H2,1-4H3;5-6H,1-4H3. The molecular weight excluding hydrogens is 1160 g/mol. The van der Waals surface area contributed by atoms with E-state index >= 15 is 0 Å². The molecule has 3 nitrogen and oxygen atoms in total. The monoisotopic (exact) mass is 1310 g/mol. The number of nitrogens with zero attached hydrogens (tertiary/aromatic N) is 3. The van der Waals surface area contributed by atoms with Gasteiger partial charge in [-0.2, -0.15) is 5.26 Å². The van der Waals surface area contributed by atoms with Crippen LogP contribution in [0.25, 0.3) is 0 Å². The summed E-state index contributed by atoms with van der Waals surface area (Å²) in [5, 5.41) is 10.6. The van der Waals surface area contributed by atoms with Gasteiger partial charge in [0.25, 0.3) is 0 Å². The summed E-state index contributed by atoms with van der Waals surface area (Å²) in [5.74, 6) is 10.3. The van der Waals surface area contributed by atoms with Gasteiger partial charge in [-0.25, -0.2) is 0 Å². The molecule has 0 spiro atoms. The maximum absolute atomic E-state index is 8.88. The van der Waals surface area contributed by atoms with Gasteiger partial charge in [-0.15, -0.1) is 0 Å². The summed E-state index contributed by atoms with van der Waals surface area (Å²) >= 11 is 11.8. The zero-order chi connectivity index (χ0) is 73.0. The summed E-state index contributed by atoms with van der Waals surface area (Å²) in [7, 11) is 4.20. The molecular formula is C87H155Cl2N3. The van der Waals surface area contributed by atoms with Crippen molar-refractivity contribution in [2.45, 2.75) is 287 Å². The predicted molar refractivity (Wildman–Crippen MR) is 423 cm³/mol. The SMILES string of the molecule is CC(C)C(C)(C#N)C(C)C.CC(C)C(C)(C)C.CC(C)C(C)C.CC(C)C(C)c1cccn1C.CC(C)Cc1cccc(Cl)c1.CC(C)Cc1ccccc1Cl.CC(C)Cc1cccn1C.CCC(C)(C)C(C)C.CCC(C)C(C)C.Cc1ccc(CC(C)C)cc1. The van der Waals surface area contributed by atoms with Gasteiger partial charge in [-0.05, 0) is 192 Å². The van der Waals surface area contributed by atoms with Gasteiger partial charge in [-0.3, -0.25) is 0 Å². The fraction of sp³-hybridized carbons (Fsp3) is 0.690. The molecule has 5 aromatic rings. The van der Waals surface area contributed by atoms with E-state index in [-0.39, 0.29) is 5.41 Å². The number of benzene rings is 3. The molecule has 3 aromatic carbocycles. The predicted octanol–water partition coefficient (Wildman–Crippen LogP) is 28.9. The van der Waals surface area contributed by atoms with Gasteiger partial charge in [0.2, 0.25) is 0 Å². The van der Waals surface area contributed by atoms with Crippen LogP contribution in [-0.4, -0.2) is 9.13 Å². The molecule has 0 saturated carbocycles. The normalized spacial score (nSPS) is 11.9. The van der Waals surface area contributed by atoms with Gasteiger partial charge < -0.3 is 9.13 Å². The van der Waals surface area contributed by atoms with Crippen LogP contribution in [0.1, 0.15) is 288 Å². The second-order valence-corrected chi connectivity index (χ2v) is 33.5. The number of nitriles is 1. The number of halogens is 2. The number of hydrogen-bond donors (Lipinski definition) is 0. The molecule has 0 aliphatic rings. The van der Waals surface area contributed by atoms with Crippen LogP contribution in [0.5, 0.6) is 0 Å². The highest BCUT2D eigenvalue weighted by Crippen LogP contribution is 2.34. The minimum Gasteiger partial charge on any atom is -0.354 e. The van der Waals surface area contributed by atoms with E-state index in [2.05, 4.69) is 338 Å². The van der Waals surface area contributed by atoms with Crippen molar-refractivity contribution < 1.29 is 0 Å². The molecule has 2 atom stereocenters. The fourth-order valence-corrected chi connectivity index (χ4v) is 8.08. The molecule has 92 heavy (non-hydrogen) atoms. The van der Waals surface area contributed by atoms with E-state index < -0.39 is 0 Å². The number of rotatable bonds is 17. The average molecular weight is 1310 g/mol. The molecule has 0 N–H and O–H groups in total. The first kappa shape index (κ1) is 97.0. The van der Waals surface area contributed by atoms with Crippen molar-refractivity contribution in [1.29, 1.82) is 5.26 Å². The second kappa shape index (κ2) is 52.5. The molecule has 5 heteroatoms. The molecule has 2 heterocycles. The Bertz CT molecular complexity index is 2490. The molecule has 0 amide bonds. The summed E-state index contributed by atoms with van der Waals surface area (Å²) in [4.78, 5) is 0. The minimum absolute atomic E-state index is 0.153. The van der Waals surface area contributed by atoms with Gasteiger partial charge in [0.15, 0.2) is 0 Å². The molecule has 5 rings (SSSR count). The molecule has 0 saturated heterocycles. The lowest BCUT2D eigenvalue weighted by molar-refractivity contribution is 0.217. The highest BCUT2D eigenvalue weighted by atomic mass is 35.5. The first-order valence-corrected chi connectivity index (χ1v) is 37.0. The summed E-state index contributed by atoms with van der Waals surface area (Å²) in [6.07, 6.45) is 11.4. The van der Waals surface area contributed by atoms with Crippen molar-refractivity contribution in [3.63, 3.8) is 0 Å². The van der Waals surface area contributed by atoms with Crippen LogP contribution in [0.3, 0.4) is 0 Å². The summed E-state index contributed by atoms with van der Waals surface area (Å²) in [6.45, 7) is 77.9. The van der Waals surface area contributed by atoms with Crippen molar-refractivity contribution in [3.05, 3.63) is 153 Å². The molecule has 0 radical (unpaired) electrons. The molecule has 0 aliphatic heterocycles. The van der Waals surface area contributed by atoms with E-state index in [1.54, 1.807) is 0 Å². The van der Waals surface area contributed by atoms with Crippen LogP contribution < -0.4 is 0 Å². The van der Waals surface area contributed by atoms with Crippen LogP contribution in [-0.2, 0) is 39.8 Å². The van der Waals surface area contributed by atoms with E-state index in [1.807, 2.05) is 43.3 Å². The van der Waals surface area contributed by atoms with E-state index in [0.29, 0.717) is 40.4 Å². The van der Waals surface area contributed by atoms with Crippen molar-refractivity contribution in [2.75, 3.05) is 0 Å². The Morgan fingerprint density at radius 1 is 0.446 bits per heavy atom. The molecule has 0 bridgehead atoms. The van der Waals surface area contributed by atoms with Crippen LogP contribution in [0.4, 0.5) is 0 Å². The lowest BCUT2D eigenvalue weighted by Gasteiger charge is -2.29. The van der Waals surface area contributed by atoms with E-state index in [0.717, 1.165) is 76.1 Å². The number of aryl methyl sites for hydroxylation is 3. The Hall–Kier alpha value is -3.71. The van der Waals surface area contributed by atoms with Crippen LogP contribution in [0.2, 0.25) is 10.0 Å². The zero-order valence-corrected chi connectivity index (χ0v) is 69.3. The fourth-order valence-electron chi connectivity index (χ4n) is 7.65. The van der Waals surface area contributed by atoms with Gasteiger partial charge in [0.05, 0.1) is 11.5 Å². The Labute approximate surface area is 587 Å². The highest BCUT2D eigenvalue weighted by Gasteiger charge is 2.31. The van der Waals surface area contributed by atoms with E-state index in [1.165, 1.54) is 59.3 Å². The quantitative estimate of drug-likeness (QED) is 0.0913. The number of aromatic nitrogens is 2. The smallest absolute Gasteiger partial charge is 0.0692 e. The zero-order valence-electron chi connectivity index (χ0n) is 67.8.